The molecule has 1 unspecified atom stereocenters. The number of carbonyl (C=O) groups excluding carboxylic acids is 3. The molecule has 382 valence electrons. The molecule has 0 saturated carbocycles. The minimum absolute atomic E-state index is 0.0835. The van der Waals surface area contributed by atoms with Gasteiger partial charge in [0.25, 0.3) is 0 Å². The van der Waals surface area contributed by atoms with Gasteiger partial charge in [0.15, 0.2) is 6.10 Å². The molecular formula is C60H106O6. The fraction of sp³-hybridized carbons (Fsp3) is 0.783. The maximum absolute atomic E-state index is 12.8. The molecule has 0 heterocycles. The zero-order chi connectivity index (χ0) is 47.9. The number of ether oxygens (including phenoxy) is 3. The predicted molar refractivity (Wildman–Crippen MR) is 284 cm³/mol. The Hall–Kier alpha value is -2.89. The predicted octanol–water partition coefficient (Wildman–Crippen LogP) is 18.8. The number of allylic oxidation sites excluding steroid dienone is 10. The molecule has 0 aliphatic rings. The van der Waals surface area contributed by atoms with Crippen LogP contribution in [-0.4, -0.2) is 37.2 Å². The molecule has 0 aliphatic heterocycles. The second kappa shape index (κ2) is 54.7. The lowest BCUT2D eigenvalue weighted by atomic mass is 10.0. The van der Waals surface area contributed by atoms with Crippen LogP contribution in [0.4, 0.5) is 0 Å². The molecule has 0 aromatic heterocycles. The highest BCUT2D eigenvalue weighted by Crippen LogP contribution is 2.16. The molecule has 66 heavy (non-hydrogen) atoms. The number of rotatable bonds is 51. The van der Waals surface area contributed by atoms with Crippen molar-refractivity contribution in [3.63, 3.8) is 0 Å². The third-order valence-corrected chi connectivity index (χ3v) is 12.2. The van der Waals surface area contributed by atoms with Crippen LogP contribution in [0.5, 0.6) is 0 Å². The molecule has 0 spiro atoms. The number of hydrogen-bond acceptors (Lipinski definition) is 6. The van der Waals surface area contributed by atoms with Gasteiger partial charge in [-0.1, -0.05) is 242 Å². The van der Waals surface area contributed by atoms with Crippen molar-refractivity contribution in [3.05, 3.63) is 60.8 Å². The summed E-state index contributed by atoms with van der Waals surface area (Å²) >= 11 is 0. The van der Waals surface area contributed by atoms with E-state index in [1.54, 1.807) is 0 Å². The van der Waals surface area contributed by atoms with Gasteiger partial charge in [0.2, 0.25) is 0 Å². The van der Waals surface area contributed by atoms with Gasteiger partial charge in [0.1, 0.15) is 13.2 Å². The van der Waals surface area contributed by atoms with Gasteiger partial charge in [-0.05, 0) is 83.5 Å². The smallest absolute Gasteiger partial charge is 0.306 e. The highest BCUT2D eigenvalue weighted by Gasteiger charge is 2.19. The van der Waals surface area contributed by atoms with Crippen LogP contribution in [-0.2, 0) is 28.6 Å². The molecule has 0 bridgehead atoms. The number of unbranched alkanes of at least 4 members (excludes halogenated alkanes) is 30. The molecule has 0 aromatic rings. The third kappa shape index (κ3) is 52.1. The van der Waals surface area contributed by atoms with Gasteiger partial charge in [0, 0.05) is 19.3 Å². The van der Waals surface area contributed by atoms with E-state index in [-0.39, 0.29) is 31.1 Å². The Balaban J connectivity index is 4.39. The summed E-state index contributed by atoms with van der Waals surface area (Å²) in [5.41, 5.74) is 0. The fourth-order valence-corrected chi connectivity index (χ4v) is 7.94. The lowest BCUT2D eigenvalue weighted by Gasteiger charge is -2.18. The molecule has 6 heteroatoms. The first kappa shape index (κ1) is 63.1. The fourth-order valence-electron chi connectivity index (χ4n) is 7.94. The monoisotopic (exact) mass is 923 g/mol. The largest absolute Gasteiger partial charge is 0.462 e. The van der Waals surface area contributed by atoms with Crippen molar-refractivity contribution in [2.75, 3.05) is 13.2 Å². The molecule has 0 saturated heterocycles. The van der Waals surface area contributed by atoms with Crippen molar-refractivity contribution in [1.29, 1.82) is 0 Å². The first-order valence-corrected chi connectivity index (χ1v) is 28.3. The van der Waals surface area contributed by atoms with E-state index >= 15 is 0 Å². The summed E-state index contributed by atoms with van der Waals surface area (Å²) < 4.78 is 16.8. The zero-order valence-electron chi connectivity index (χ0n) is 43.7. The lowest BCUT2D eigenvalue weighted by Crippen LogP contribution is -2.30. The summed E-state index contributed by atoms with van der Waals surface area (Å²) in [5, 5.41) is 0. The van der Waals surface area contributed by atoms with Crippen LogP contribution in [0.2, 0.25) is 0 Å². The van der Waals surface area contributed by atoms with E-state index in [2.05, 4.69) is 81.5 Å². The molecule has 0 aromatic carbocycles. The van der Waals surface area contributed by atoms with E-state index in [9.17, 15) is 14.4 Å². The highest BCUT2D eigenvalue weighted by molar-refractivity contribution is 5.71. The van der Waals surface area contributed by atoms with Crippen LogP contribution < -0.4 is 0 Å². The molecule has 0 fully saturated rings. The minimum atomic E-state index is -0.783. The molecule has 1 atom stereocenters. The van der Waals surface area contributed by atoms with Gasteiger partial charge in [-0.3, -0.25) is 14.4 Å². The highest BCUT2D eigenvalue weighted by atomic mass is 16.6. The molecule has 6 nitrogen and oxygen atoms in total. The van der Waals surface area contributed by atoms with Gasteiger partial charge in [-0.15, -0.1) is 0 Å². The van der Waals surface area contributed by atoms with Gasteiger partial charge in [0.05, 0.1) is 0 Å². The van der Waals surface area contributed by atoms with E-state index in [1.165, 1.54) is 148 Å². The van der Waals surface area contributed by atoms with Crippen molar-refractivity contribution in [3.8, 4) is 0 Å². The van der Waals surface area contributed by atoms with Crippen molar-refractivity contribution in [2.45, 2.75) is 290 Å². The van der Waals surface area contributed by atoms with Gasteiger partial charge < -0.3 is 14.2 Å². The Labute approximate surface area is 409 Å². The topological polar surface area (TPSA) is 78.9 Å². The maximum Gasteiger partial charge on any atom is 0.306 e. The lowest BCUT2D eigenvalue weighted by molar-refractivity contribution is -0.167. The molecule has 0 radical (unpaired) electrons. The second-order valence-electron chi connectivity index (χ2n) is 18.8. The van der Waals surface area contributed by atoms with Gasteiger partial charge >= 0.3 is 17.9 Å². The average molecular weight is 924 g/mol. The summed E-state index contributed by atoms with van der Waals surface area (Å²) in [5.74, 6) is -0.898. The first-order valence-electron chi connectivity index (χ1n) is 28.3. The summed E-state index contributed by atoms with van der Waals surface area (Å²) in [4.78, 5) is 38.1. The van der Waals surface area contributed by atoms with Crippen LogP contribution in [0.3, 0.4) is 0 Å². The standard InChI is InChI=1S/C60H106O6/c1-4-7-10-13-16-19-22-25-28-29-30-31-33-35-38-41-44-47-50-53-59(62)65-56-57(55-64-58(61)52-49-46-43-40-37-34-27-24-21-18-15-12-9-6-3)66-60(63)54-51-48-45-42-39-36-32-26-23-20-17-14-11-8-5-2/h15-16,18-19,24-25,27-28,30-31,57H,4-14,17,20-23,26,29,32-56H2,1-3H3/b18-15-,19-16-,27-24-,28-25-,31-30-. The Morgan fingerprint density at radius 1 is 0.303 bits per heavy atom. The normalized spacial score (nSPS) is 12.5. The minimum Gasteiger partial charge on any atom is -0.462 e. The average Bonchev–Trinajstić information content (AvgIpc) is 3.31. The van der Waals surface area contributed by atoms with Crippen LogP contribution in [0.25, 0.3) is 0 Å². The quantitative estimate of drug-likeness (QED) is 0.0262. The van der Waals surface area contributed by atoms with Crippen LogP contribution in [0.1, 0.15) is 284 Å². The maximum atomic E-state index is 12.8. The van der Waals surface area contributed by atoms with Crippen LogP contribution >= 0.6 is 0 Å². The Morgan fingerprint density at radius 3 is 0.924 bits per heavy atom. The Bertz CT molecular complexity index is 1200. The van der Waals surface area contributed by atoms with Gasteiger partial charge in [-0.2, -0.15) is 0 Å². The molecule has 0 rings (SSSR count). The van der Waals surface area contributed by atoms with Crippen LogP contribution in [0.15, 0.2) is 60.8 Å². The van der Waals surface area contributed by atoms with Crippen molar-refractivity contribution in [1.82, 2.24) is 0 Å². The van der Waals surface area contributed by atoms with Crippen molar-refractivity contribution >= 4 is 17.9 Å². The third-order valence-electron chi connectivity index (χ3n) is 12.2. The summed E-state index contributed by atoms with van der Waals surface area (Å²) in [6.07, 6.45) is 67.7. The van der Waals surface area contributed by atoms with E-state index in [0.717, 1.165) is 96.3 Å². The molecule has 0 aliphatic carbocycles. The number of hydrogen-bond donors (Lipinski definition) is 0. The van der Waals surface area contributed by atoms with E-state index in [4.69, 9.17) is 14.2 Å². The number of esters is 3. The number of carbonyl (C=O) groups is 3. The second-order valence-corrected chi connectivity index (χ2v) is 18.8. The Morgan fingerprint density at radius 2 is 0.561 bits per heavy atom. The molecule has 0 amide bonds. The van der Waals surface area contributed by atoms with Crippen LogP contribution in [0, 0.1) is 0 Å². The summed E-state index contributed by atoms with van der Waals surface area (Å²) in [6.45, 7) is 6.57. The van der Waals surface area contributed by atoms with Crippen molar-refractivity contribution < 1.29 is 28.6 Å². The zero-order valence-corrected chi connectivity index (χ0v) is 43.7. The Kier molecular flexibility index (Phi) is 52.3. The summed E-state index contributed by atoms with van der Waals surface area (Å²) in [6, 6.07) is 0. The first-order chi connectivity index (χ1) is 32.5. The van der Waals surface area contributed by atoms with Crippen molar-refractivity contribution in [2.24, 2.45) is 0 Å². The van der Waals surface area contributed by atoms with E-state index in [0.29, 0.717) is 19.3 Å². The van der Waals surface area contributed by atoms with Gasteiger partial charge in [-0.25, -0.2) is 0 Å². The SMILES string of the molecule is CCCC/C=C\C/C=C\CCCCCCCC(=O)OCC(COC(=O)CCCCCCCC/C=C\C/C=C\C/C=C\CCCCC)OC(=O)CCCCCCCCCCCCCCCCC. The molecule has 0 N–H and O–H groups in total. The summed E-state index contributed by atoms with van der Waals surface area (Å²) in [7, 11) is 0. The van der Waals surface area contributed by atoms with E-state index in [1.807, 2.05) is 0 Å². The molecular weight excluding hydrogens is 817 g/mol. The van der Waals surface area contributed by atoms with E-state index < -0.39 is 6.10 Å².